The van der Waals surface area contributed by atoms with E-state index in [4.69, 9.17) is 25.9 Å². The number of anilines is 1. The first-order valence-electron chi connectivity index (χ1n) is 9.31. The Labute approximate surface area is 195 Å². The predicted molar refractivity (Wildman–Crippen MR) is 124 cm³/mol. The van der Waals surface area contributed by atoms with Crippen molar-refractivity contribution < 1.29 is 19.1 Å². The van der Waals surface area contributed by atoms with Crippen LogP contribution >= 0.6 is 23.1 Å². The second kappa shape index (κ2) is 12.2. The third-order valence-electron chi connectivity index (χ3n) is 4.18. The number of halogens is 1. The molecule has 6 nitrogen and oxygen atoms in total. The van der Waals surface area contributed by atoms with E-state index in [2.05, 4.69) is 28.1 Å². The number of benzene rings is 2. The Kier molecular flexibility index (Phi) is 9.40. The molecule has 1 amide bonds. The van der Waals surface area contributed by atoms with Crippen molar-refractivity contribution in [2.24, 2.45) is 0 Å². The molecule has 0 bridgehead atoms. The van der Waals surface area contributed by atoms with Crippen molar-refractivity contribution in [1.29, 1.82) is 0 Å². The summed E-state index contributed by atoms with van der Waals surface area (Å²) in [6, 6.07) is 15.0. The lowest BCUT2D eigenvalue weighted by atomic mass is 10.1. The van der Waals surface area contributed by atoms with Crippen LogP contribution in [0.4, 0.5) is 10.5 Å². The van der Waals surface area contributed by atoms with Crippen LogP contribution in [0.3, 0.4) is 0 Å². The first-order valence-corrected chi connectivity index (χ1v) is 10.5. The van der Waals surface area contributed by atoms with Crippen molar-refractivity contribution in [2.75, 3.05) is 5.32 Å². The molecule has 8 heteroatoms. The van der Waals surface area contributed by atoms with E-state index in [1.807, 2.05) is 49.4 Å². The van der Waals surface area contributed by atoms with Gasteiger partial charge in [-0.3, -0.25) is 5.32 Å². The zero-order valence-corrected chi connectivity index (χ0v) is 18.9. The number of aryl methyl sites for hydroxylation is 1. The van der Waals surface area contributed by atoms with Gasteiger partial charge in [0.2, 0.25) is 0 Å². The summed E-state index contributed by atoms with van der Waals surface area (Å²) in [6.45, 7) is 7.32. The van der Waals surface area contributed by atoms with Gasteiger partial charge in [-0.25, -0.2) is 4.79 Å². The SMILES string of the molecule is C=Cc1ccc(C#Cc2snc(C)c2NC(=O)OC(C)c2ccccc2Cl)cc1.O=C=O. The van der Waals surface area contributed by atoms with Gasteiger partial charge in [0.1, 0.15) is 11.0 Å². The van der Waals surface area contributed by atoms with Crippen LogP contribution < -0.4 is 5.32 Å². The number of carbonyl (C=O) groups excluding carboxylic acids is 3. The van der Waals surface area contributed by atoms with Crippen molar-refractivity contribution in [3.63, 3.8) is 0 Å². The molecular weight excluding hydrogens is 448 g/mol. The second-order valence-corrected chi connectivity index (χ2v) is 7.51. The van der Waals surface area contributed by atoms with E-state index in [1.54, 1.807) is 19.1 Å². The van der Waals surface area contributed by atoms with E-state index in [1.165, 1.54) is 11.5 Å². The number of amides is 1. The van der Waals surface area contributed by atoms with Crippen LogP contribution in [0.2, 0.25) is 5.02 Å². The lowest BCUT2D eigenvalue weighted by Gasteiger charge is -2.15. The quantitative estimate of drug-likeness (QED) is 0.485. The van der Waals surface area contributed by atoms with E-state index in [-0.39, 0.29) is 6.15 Å². The minimum atomic E-state index is -0.584. The summed E-state index contributed by atoms with van der Waals surface area (Å²) in [5.74, 6) is 6.17. The smallest absolute Gasteiger partial charge is 0.412 e. The summed E-state index contributed by atoms with van der Waals surface area (Å²) in [6.07, 6.45) is 0.953. The van der Waals surface area contributed by atoms with Gasteiger partial charge in [-0.2, -0.15) is 14.0 Å². The molecule has 1 aromatic heterocycles. The number of nitrogens with zero attached hydrogens (tertiary/aromatic N) is 1. The number of ether oxygens (including phenoxy) is 1. The van der Waals surface area contributed by atoms with E-state index < -0.39 is 12.2 Å². The van der Waals surface area contributed by atoms with Gasteiger partial charge in [-0.1, -0.05) is 60.5 Å². The molecule has 0 radical (unpaired) electrons. The predicted octanol–water partition coefficient (Wildman–Crippen LogP) is 5.87. The van der Waals surface area contributed by atoms with Crippen LogP contribution in [0.15, 0.2) is 55.1 Å². The average Bonchev–Trinajstić information content (AvgIpc) is 3.12. The maximum Gasteiger partial charge on any atom is 0.412 e. The van der Waals surface area contributed by atoms with Gasteiger partial charge in [-0.05, 0) is 55.1 Å². The molecule has 0 aliphatic carbocycles. The van der Waals surface area contributed by atoms with Crippen LogP contribution in [0, 0.1) is 18.8 Å². The number of rotatable bonds is 4. The minimum absolute atomic E-state index is 0.250. The highest BCUT2D eigenvalue weighted by Gasteiger charge is 2.17. The summed E-state index contributed by atoms with van der Waals surface area (Å²) in [5, 5.41) is 3.31. The largest absolute Gasteiger partial charge is 0.441 e. The molecule has 1 atom stereocenters. The average molecular weight is 467 g/mol. The van der Waals surface area contributed by atoms with E-state index in [0.29, 0.717) is 21.3 Å². The van der Waals surface area contributed by atoms with Gasteiger partial charge < -0.3 is 4.74 Å². The maximum atomic E-state index is 12.4. The van der Waals surface area contributed by atoms with Gasteiger partial charge in [0, 0.05) is 16.1 Å². The van der Waals surface area contributed by atoms with Gasteiger partial charge >= 0.3 is 12.2 Å². The maximum absolute atomic E-state index is 12.4. The Morgan fingerprint density at radius 1 is 1.19 bits per heavy atom. The molecule has 3 aromatic rings. The molecule has 1 heterocycles. The molecular formula is C24H19ClN2O4S. The summed E-state index contributed by atoms with van der Waals surface area (Å²) in [7, 11) is 0. The summed E-state index contributed by atoms with van der Waals surface area (Å²) < 4.78 is 9.77. The van der Waals surface area contributed by atoms with Crippen molar-refractivity contribution in [2.45, 2.75) is 20.0 Å². The molecule has 0 aliphatic heterocycles. The van der Waals surface area contributed by atoms with E-state index >= 15 is 0 Å². The fourth-order valence-electron chi connectivity index (χ4n) is 2.59. The van der Waals surface area contributed by atoms with Crippen molar-refractivity contribution in [1.82, 2.24) is 4.37 Å². The molecule has 0 aliphatic rings. The summed E-state index contributed by atoms with van der Waals surface area (Å²) >= 11 is 7.40. The highest BCUT2D eigenvalue weighted by Crippen LogP contribution is 2.27. The van der Waals surface area contributed by atoms with Crippen LogP contribution in [0.1, 0.15) is 40.3 Å². The third-order valence-corrected chi connectivity index (χ3v) is 5.38. The lowest BCUT2D eigenvalue weighted by molar-refractivity contribution is -0.191. The van der Waals surface area contributed by atoms with E-state index in [0.717, 1.165) is 16.7 Å². The van der Waals surface area contributed by atoms with E-state index in [9.17, 15) is 4.79 Å². The molecule has 1 N–H and O–H groups in total. The number of aromatic nitrogens is 1. The lowest BCUT2D eigenvalue weighted by Crippen LogP contribution is -2.17. The number of hydrogen-bond acceptors (Lipinski definition) is 6. The van der Waals surface area contributed by atoms with Crippen LogP contribution in [-0.2, 0) is 14.3 Å². The zero-order valence-electron chi connectivity index (χ0n) is 17.3. The minimum Gasteiger partial charge on any atom is -0.441 e. The first-order chi connectivity index (χ1) is 15.4. The van der Waals surface area contributed by atoms with Crippen molar-refractivity contribution in [3.05, 3.63) is 87.4 Å². The first kappa shape index (κ1) is 24.6. The molecule has 0 fully saturated rings. The molecule has 32 heavy (non-hydrogen) atoms. The van der Waals surface area contributed by atoms with Gasteiger partial charge in [0.15, 0.2) is 0 Å². The fraction of sp³-hybridized carbons (Fsp3) is 0.125. The van der Waals surface area contributed by atoms with Crippen LogP contribution in [0.25, 0.3) is 6.08 Å². The zero-order chi connectivity index (χ0) is 23.5. The monoisotopic (exact) mass is 466 g/mol. The molecule has 2 aromatic carbocycles. The summed E-state index contributed by atoms with van der Waals surface area (Å²) in [4.78, 5) is 29.3. The molecule has 0 saturated carbocycles. The Balaban J connectivity index is 0.00000114. The van der Waals surface area contributed by atoms with Gasteiger partial charge in [0.25, 0.3) is 0 Å². The molecule has 162 valence electrons. The van der Waals surface area contributed by atoms with Crippen molar-refractivity contribution in [3.8, 4) is 11.8 Å². The standard InChI is InChI=1S/C23H19ClN2O2S.CO2/c1-4-17-9-11-18(12-10-17)13-14-21-22(15(2)26-29-21)25-23(27)28-16(3)19-7-5-6-8-20(19)24;2-1-3/h4-12,16H,1H2,2-3H3,(H,25,27);. The molecule has 0 saturated heterocycles. The van der Waals surface area contributed by atoms with Crippen LogP contribution in [-0.4, -0.2) is 16.6 Å². The Bertz CT molecular complexity index is 1190. The number of hydrogen-bond donors (Lipinski definition) is 1. The molecule has 1 unspecified atom stereocenters. The third kappa shape index (κ3) is 6.93. The van der Waals surface area contributed by atoms with Crippen LogP contribution in [0.5, 0.6) is 0 Å². The normalized spacial score (nSPS) is 10.3. The highest BCUT2D eigenvalue weighted by molar-refractivity contribution is 7.07. The highest BCUT2D eigenvalue weighted by atomic mass is 35.5. The van der Waals surface area contributed by atoms with Gasteiger partial charge in [-0.15, -0.1) is 0 Å². The van der Waals surface area contributed by atoms with Crippen molar-refractivity contribution >= 4 is 47.1 Å². The number of carbonyl (C=O) groups is 1. The topological polar surface area (TPSA) is 85.4 Å². The second-order valence-electron chi connectivity index (χ2n) is 6.33. The fourth-order valence-corrected chi connectivity index (χ4v) is 3.59. The Hall–Kier alpha value is -3.69. The molecule has 0 spiro atoms. The Morgan fingerprint density at radius 3 is 2.47 bits per heavy atom. The Morgan fingerprint density at radius 2 is 1.84 bits per heavy atom. The summed E-state index contributed by atoms with van der Waals surface area (Å²) in [5.41, 5.74) is 3.88. The molecule has 3 rings (SSSR count). The van der Waals surface area contributed by atoms with Gasteiger partial charge in [0.05, 0.1) is 11.4 Å². The number of nitrogens with one attached hydrogen (secondary N) is 1.